The van der Waals surface area contributed by atoms with Crippen molar-refractivity contribution in [1.29, 1.82) is 0 Å². The molecule has 2 N–H and O–H groups in total. The first-order valence-corrected chi connectivity index (χ1v) is 10.1. The van der Waals surface area contributed by atoms with E-state index in [0.29, 0.717) is 17.8 Å². The second-order valence-electron chi connectivity index (χ2n) is 7.24. The summed E-state index contributed by atoms with van der Waals surface area (Å²) in [5, 5.41) is 3.06. The number of amides is 1. The number of hydrogen-bond donors (Lipinski definition) is 2. The Morgan fingerprint density at radius 1 is 0.833 bits per heavy atom. The van der Waals surface area contributed by atoms with Crippen LogP contribution < -0.4 is 5.32 Å². The van der Waals surface area contributed by atoms with Crippen molar-refractivity contribution in [2.75, 3.05) is 0 Å². The van der Waals surface area contributed by atoms with Crippen molar-refractivity contribution in [1.82, 2.24) is 15.3 Å². The maximum absolute atomic E-state index is 12.7. The summed E-state index contributed by atoms with van der Waals surface area (Å²) in [5.74, 6) is 0.512. The van der Waals surface area contributed by atoms with Crippen molar-refractivity contribution < 1.29 is 9.59 Å². The fourth-order valence-corrected chi connectivity index (χ4v) is 3.47. The molecular weight excluding hydrogens is 374 g/mol. The van der Waals surface area contributed by atoms with Crippen molar-refractivity contribution in [2.45, 2.75) is 25.3 Å². The maximum Gasteiger partial charge on any atom is 0.221 e. The molecule has 0 unspecified atom stereocenters. The summed E-state index contributed by atoms with van der Waals surface area (Å²) < 4.78 is 0. The highest BCUT2D eigenvalue weighted by atomic mass is 16.2. The van der Waals surface area contributed by atoms with Crippen molar-refractivity contribution >= 4 is 22.7 Å². The van der Waals surface area contributed by atoms with Crippen LogP contribution in [0.2, 0.25) is 0 Å². The number of para-hydroxylation sites is 2. The number of rotatable bonds is 8. The predicted octanol–water partition coefficient (Wildman–Crippen LogP) is 4.63. The lowest BCUT2D eigenvalue weighted by Gasteiger charge is -2.17. The quantitative estimate of drug-likeness (QED) is 0.426. The van der Waals surface area contributed by atoms with Gasteiger partial charge in [0.1, 0.15) is 5.82 Å². The van der Waals surface area contributed by atoms with E-state index < -0.39 is 0 Å². The maximum atomic E-state index is 12.7. The molecule has 0 saturated heterocycles. The number of carbonyl (C=O) groups excluding carboxylic acids is 2. The number of Topliss-reactive ketones (excluding diaryl/α,β-unsaturated/α-hetero) is 1. The summed E-state index contributed by atoms with van der Waals surface area (Å²) in [6, 6.07) is 26.5. The third kappa shape index (κ3) is 4.81. The molecule has 1 atom stereocenters. The van der Waals surface area contributed by atoms with Crippen LogP contribution in [-0.2, 0) is 11.2 Å². The molecule has 150 valence electrons. The minimum Gasteiger partial charge on any atom is -0.346 e. The molecule has 5 nitrogen and oxygen atoms in total. The number of imidazole rings is 1. The number of H-pyrrole nitrogens is 1. The van der Waals surface area contributed by atoms with E-state index in [4.69, 9.17) is 0 Å². The van der Waals surface area contributed by atoms with Gasteiger partial charge in [0.25, 0.3) is 0 Å². The van der Waals surface area contributed by atoms with Gasteiger partial charge >= 0.3 is 0 Å². The summed E-state index contributed by atoms with van der Waals surface area (Å²) in [6.45, 7) is 0. The van der Waals surface area contributed by atoms with E-state index in [1.807, 2.05) is 72.8 Å². The van der Waals surface area contributed by atoms with Crippen LogP contribution in [0, 0.1) is 0 Å². The van der Waals surface area contributed by atoms with Crippen LogP contribution in [0.3, 0.4) is 0 Å². The van der Waals surface area contributed by atoms with E-state index in [0.717, 1.165) is 16.6 Å². The fraction of sp³-hybridized carbons (Fsp3) is 0.160. The van der Waals surface area contributed by atoms with Gasteiger partial charge in [-0.15, -0.1) is 0 Å². The lowest BCUT2D eigenvalue weighted by Crippen LogP contribution is -2.31. The zero-order valence-electron chi connectivity index (χ0n) is 16.5. The molecule has 5 heteroatoms. The van der Waals surface area contributed by atoms with Crippen LogP contribution in [0.1, 0.15) is 40.6 Å². The SMILES string of the molecule is O=C(CCC(=O)c1ccccc1)N[C@@H](Cc1ccccc1)c1nc2ccccc2[nH]1. The van der Waals surface area contributed by atoms with Gasteiger partial charge in [0.15, 0.2) is 5.78 Å². The first kappa shape index (κ1) is 19.6. The molecule has 0 aliphatic rings. The molecule has 0 spiro atoms. The minimum absolute atomic E-state index is 0.0332. The summed E-state index contributed by atoms with van der Waals surface area (Å²) in [4.78, 5) is 33.0. The van der Waals surface area contributed by atoms with Gasteiger partial charge in [-0.1, -0.05) is 72.8 Å². The number of nitrogens with one attached hydrogen (secondary N) is 2. The number of nitrogens with zero attached hydrogens (tertiary/aromatic N) is 1. The second-order valence-corrected chi connectivity index (χ2v) is 7.24. The standard InChI is InChI=1S/C25H23N3O2/c29-23(19-11-5-2-6-12-19)15-16-24(30)26-22(17-18-9-3-1-4-10-18)25-27-20-13-7-8-14-21(20)28-25/h1-14,22H,15-17H2,(H,26,30)(H,27,28)/t22-/m0/s1. The van der Waals surface area contributed by atoms with Crippen LogP contribution in [0.4, 0.5) is 0 Å². The molecule has 0 radical (unpaired) electrons. The lowest BCUT2D eigenvalue weighted by atomic mass is 10.0. The highest BCUT2D eigenvalue weighted by molar-refractivity contribution is 5.97. The van der Waals surface area contributed by atoms with E-state index >= 15 is 0 Å². The Morgan fingerprint density at radius 2 is 1.50 bits per heavy atom. The van der Waals surface area contributed by atoms with Gasteiger partial charge in [0.2, 0.25) is 5.91 Å². The Morgan fingerprint density at radius 3 is 2.23 bits per heavy atom. The summed E-state index contributed by atoms with van der Waals surface area (Å²) in [6.07, 6.45) is 0.923. The van der Waals surface area contributed by atoms with E-state index in [1.165, 1.54) is 0 Å². The first-order chi connectivity index (χ1) is 14.7. The average molecular weight is 397 g/mol. The average Bonchev–Trinajstić information content (AvgIpc) is 3.23. The van der Waals surface area contributed by atoms with Gasteiger partial charge in [-0.3, -0.25) is 9.59 Å². The topological polar surface area (TPSA) is 74.8 Å². The number of ketones is 1. The van der Waals surface area contributed by atoms with Gasteiger partial charge < -0.3 is 10.3 Å². The van der Waals surface area contributed by atoms with Gasteiger partial charge in [-0.2, -0.15) is 0 Å². The van der Waals surface area contributed by atoms with Crippen molar-refractivity contribution in [2.24, 2.45) is 0 Å². The number of carbonyl (C=O) groups is 2. The summed E-state index contributed by atoms with van der Waals surface area (Å²) in [7, 11) is 0. The van der Waals surface area contributed by atoms with Crippen LogP contribution in [0.5, 0.6) is 0 Å². The largest absolute Gasteiger partial charge is 0.346 e. The highest BCUT2D eigenvalue weighted by Crippen LogP contribution is 2.20. The third-order valence-corrected chi connectivity index (χ3v) is 5.03. The Hall–Kier alpha value is -3.73. The first-order valence-electron chi connectivity index (χ1n) is 10.1. The number of aromatic amines is 1. The molecule has 4 aromatic rings. The molecule has 1 amide bonds. The zero-order chi connectivity index (χ0) is 20.8. The van der Waals surface area contributed by atoms with Crippen molar-refractivity contribution in [3.05, 3.63) is 102 Å². The molecule has 0 aliphatic carbocycles. The van der Waals surface area contributed by atoms with Crippen LogP contribution >= 0.6 is 0 Å². The molecule has 0 saturated carbocycles. The van der Waals surface area contributed by atoms with Crippen LogP contribution in [0.15, 0.2) is 84.9 Å². The molecule has 3 aromatic carbocycles. The zero-order valence-corrected chi connectivity index (χ0v) is 16.5. The molecule has 0 fully saturated rings. The van der Waals surface area contributed by atoms with Crippen molar-refractivity contribution in [3.63, 3.8) is 0 Å². The molecule has 0 aliphatic heterocycles. The normalized spacial score (nSPS) is 11.9. The van der Waals surface area contributed by atoms with E-state index in [2.05, 4.69) is 15.3 Å². The number of aromatic nitrogens is 2. The Kier molecular flexibility index (Phi) is 5.99. The number of benzene rings is 3. The Bertz CT molecular complexity index is 1100. The van der Waals surface area contributed by atoms with Gasteiger partial charge in [-0.05, 0) is 24.1 Å². The van der Waals surface area contributed by atoms with Crippen LogP contribution in [-0.4, -0.2) is 21.7 Å². The molecule has 0 bridgehead atoms. The predicted molar refractivity (Wildman–Crippen MR) is 117 cm³/mol. The molecular formula is C25H23N3O2. The minimum atomic E-state index is -0.306. The molecule has 4 rings (SSSR count). The highest BCUT2D eigenvalue weighted by Gasteiger charge is 2.20. The van der Waals surface area contributed by atoms with Crippen molar-refractivity contribution in [3.8, 4) is 0 Å². The summed E-state index contributed by atoms with van der Waals surface area (Å²) >= 11 is 0. The number of hydrogen-bond acceptors (Lipinski definition) is 3. The molecule has 30 heavy (non-hydrogen) atoms. The van der Waals surface area contributed by atoms with E-state index in [9.17, 15) is 9.59 Å². The Labute approximate surface area is 175 Å². The van der Waals surface area contributed by atoms with Gasteiger partial charge in [-0.25, -0.2) is 4.98 Å². The molecule has 1 aromatic heterocycles. The summed E-state index contributed by atoms with van der Waals surface area (Å²) in [5.41, 5.74) is 3.52. The van der Waals surface area contributed by atoms with E-state index in [-0.39, 0.29) is 30.6 Å². The van der Waals surface area contributed by atoms with E-state index in [1.54, 1.807) is 12.1 Å². The number of fused-ring (bicyclic) bond motifs is 1. The third-order valence-electron chi connectivity index (χ3n) is 5.03. The smallest absolute Gasteiger partial charge is 0.221 e. The van der Waals surface area contributed by atoms with Gasteiger partial charge in [0.05, 0.1) is 17.1 Å². The van der Waals surface area contributed by atoms with Gasteiger partial charge in [0, 0.05) is 18.4 Å². The molecule has 1 heterocycles. The van der Waals surface area contributed by atoms with Crippen LogP contribution in [0.25, 0.3) is 11.0 Å². The second kappa shape index (κ2) is 9.18. The Balaban J connectivity index is 1.47. The fourth-order valence-electron chi connectivity index (χ4n) is 3.47. The lowest BCUT2D eigenvalue weighted by molar-refractivity contribution is -0.121. The monoisotopic (exact) mass is 397 g/mol.